The Balaban J connectivity index is 1.92. The summed E-state index contributed by atoms with van der Waals surface area (Å²) in [4.78, 5) is 66.7. The lowest BCUT2D eigenvalue weighted by Gasteiger charge is -2.50. The zero-order chi connectivity index (χ0) is 88.5. The molecule has 0 amide bonds. The number of ether oxygens (including phenoxy) is 8. The standard InChI is InChI=1S/C95H177O25P/c1-7-11-15-19-23-25-27-29-31-33-35-37-39-49-58-66-79(98)112-72-77-83(102)85(104)89(108)95(116-77)119-92-90(117-81(100)68-60-52-44-42-48-56-64-74(6)62-54-46-22-18-14-10-4)86(105)87(106)91(118-94-88(107)84(103)82(101)76(69-96)115-94)93(92)120-121(109,110)113-71-75(114-80(99)67-59-51-40-38-36-34-32-30-28-26-24-20-16-12-8-2)70-111-78(97)65-57-50-43-41-47-55-63-73(5)61-53-45-21-17-13-9-3/h26,28,73-77,82-96,101-108H,7-25,27,29-72H2,1-6H3,(H,109,110)/b28-26-. The Hall–Kier alpha value is -2.79. The molecule has 3 aliphatic rings. The fourth-order valence-electron chi connectivity index (χ4n) is 16.6. The second-order valence-corrected chi connectivity index (χ2v) is 37.2. The third kappa shape index (κ3) is 52.5. The third-order valence-electron chi connectivity index (χ3n) is 24.6. The molecular weight excluding hydrogens is 1570 g/mol. The van der Waals surface area contributed by atoms with Gasteiger partial charge < -0.3 is 88.7 Å². The topological polar surface area (TPSA) is 380 Å². The van der Waals surface area contributed by atoms with Crippen LogP contribution >= 0.6 is 7.82 Å². The Morgan fingerprint density at radius 2 is 0.669 bits per heavy atom. The smallest absolute Gasteiger partial charge is 0.463 e. The van der Waals surface area contributed by atoms with Crippen molar-refractivity contribution in [3.8, 4) is 0 Å². The van der Waals surface area contributed by atoms with Crippen LogP contribution in [0.1, 0.15) is 427 Å². The van der Waals surface area contributed by atoms with Gasteiger partial charge in [0.15, 0.2) is 24.8 Å². The molecule has 0 aromatic carbocycles. The molecule has 26 heteroatoms. The fraction of sp³-hybridized carbons (Fsp3) is 0.937. The molecule has 2 aliphatic heterocycles. The molecule has 2 saturated heterocycles. The van der Waals surface area contributed by atoms with Gasteiger partial charge in [-0.05, 0) is 63.2 Å². The quantitative estimate of drug-likeness (QED) is 0.00889. The number of hydrogen-bond donors (Lipinski definition) is 10. The van der Waals surface area contributed by atoms with E-state index in [2.05, 4.69) is 53.7 Å². The van der Waals surface area contributed by atoms with E-state index in [1.165, 1.54) is 180 Å². The van der Waals surface area contributed by atoms with Crippen LogP contribution in [0.15, 0.2) is 12.2 Å². The Morgan fingerprint density at radius 3 is 1.07 bits per heavy atom. The largest absolute Gasteiger partial charge is 0.472 e. The van der Waals surface area contributed by atoms with Crippen LogP contribution in [0.5, 0.6) is 0 Å². The van der Waals surface area contributed by atoms with Gasteiger partial charge in [-0.2, -0.15) is 0 Å². The summed E-state index contributed by atoms with van der Waals surface area (Å²) >= 11 is 0. The number of esters is 4. The van der Waals surface area contributed by atoms with Crippen molar-refractivity contribution in [2.75, 3.05) is 26.4 Å². The average Bonchev–Trinajstić information content (AvgIpc) is 0.753. The minimum absolute atomic E-state index is 0.0180. The molecule has 3 fully saturated rings. The van der Waals surface area contributed by atoms with E-state index in [1.807, 2.05) is 0 Å². The first kappa shape index (κ1) is 112. The first-order valence-corrected chi connectivity index (χ1v) is 50.7. The highest BCUT2D eigenvalue weighted by molar-refractivity contribution is 7.47. The summed E-state index contributed by atoms with van der Waals surface area (Å²) in [6.45, 7) is 10.3. The Bertz CT molecular complexity index is 2590. The lowest BCUT2D eigenvalue weighted by atomic mass is 9.84. The lowest BCUT2D eigenvalue weighted by Crippen LogP contribution is -2.70. The van der Waals surface area contributed by atoms with Crippen molar-refractivity contribution < 1.29 is 122 Å². The first-order valence-electron chi connectivity index (χ1n) is 49.2. The van der Waals surface area contributed by atoms with E-state index in [9.17, 15) is 74.6 Å². The van der Waals surface area contributed by atoms with Gasteiger partial charge in [0.1, 0.15) is 92.6 Å². The molecule has 0 radical (unpaired) electrons. The zero-order valence-corrected chi connectivity index (χ0v) is 77.3. The number of phosphoric ester groups is 1. The Kier molecular flexibility index (Phi) is 66.9. The van der Waals surface area contributed by atoms with E-state index in [-0.39, 0.29) is 25.7 Å². The van der Waals surface area contributed by atoms with E-state index in [4.69, 9.17) is 46.9 Å². The van der Waals surface area contributed by atoms with Crippen LogP contribution in [0.25, 0.3) is 0 Å². The van der Waals surface area contributed by atoms with Crippen LogP contribution in [0.4, 0.5) is 0 Å². The van der Waals surface area contributed by atoms with Crippen LogP contribution < -0.4 is 0 Å². The monoisotopic (exact) mass is 1750 g/mol. The van der Waals surface area contributed by atoms with Gasteiger partial charge >= 0.3 is 31.7 Å². The molecule has 121 heavy (non-hydrogen) atoms. The molecule has 10 N–H and O–H groups in total. The van der Waals surface area contributed by atoms with Crippen LogP contribution in [-0.4, -0.2) is 205 Å². The second kappa shape index (κ2) is 72.1. The molecular formula is C95H177O25P. The maximum absolute atomic E-state index is 14.9. The molecule has 1 saturated carbocycles. The number of allylic oxidation sites excluding steroid dienone is 2. The molecule has 0 aromatic rings. The number of rotatable bonds is 79. The van der Waals surface area contributed by atoms with Gasteiger partial charge in [0.05, 0.1) is 13.2 Å². The normalized spacial score (nSPS) is 25.2. The number of unbranched alkanes of at least 4 members (excludes halogenated alkanes) is 45. The molecule has 20 atom stereocenters. The fourth-order valence-corrected chi connectivity index (χ4v) is 17.5. The van der Waals surface area contributed by atoms with Gasteiger partial charge in [-0.3, -0.25) is 28.2 Å². The molecule has 0 aromatic heterocycles. The van der Waals surface area contributed by atoms with Crippen molar-refractivity contribution in [2.24, 2.45) is 11.8 Å². The van der Waals surface area contributed by atoms with E-state index >= 15 is 0 Å². The summed E-state index contributed by atoms with van der Waals surface area (Å²) in [6.07, 6.45) is 29.1. The van der Waals surface area contributed by atoms with Crippen molar-refractivity contribution in [1.29, 1.82) is 0 Å². The minimum Gasteiger partial charge on any atom is -0.463 e. The lowest BCUT2D eigenvalue weighted by molar-refractivity contribution is -0.360. The first-order chi connectivity index (χ1) is 58.5. The molecule has 0 spiro atoms. The highest BCUT2D eigenvalue weighted by Gasteiger charge is 2.60. The molecule has 0 bridgehead atoms. The van der Waals surface area contributed by atoms with Crippen molar-refractivity contribution in [3.63, 3.8) is 0 Å². The van der Waals surface area contributed by atoms with Crippen molar-refractivity contribution in [1.82, 2.24) is 0 Å². The highest BCUT2D eigenvalue weighted by Crippen LogP contribution is 2.49. The molecule has 3 rings (SSSR count). The van der Waals surface area contributed by atoms with E-state index in [1.54, 1.807) is 0 Å². The number of carbonyl (C=O) groups excluding carboxylic acids is 4. The predicted octanol–water partition coefficient (Wildman–Crippen LogP) is 18.8. The zero-order valence-electron chi connectivity index (χ0n) is 76.4. The van der Waals surface area contributed by atoms with Crippen molar-refractivity contribution in [3.05, 3.63) is 12.2 Å². The van der Waals surface area contributed by atoms with Gasteiger partial charge in [-0.15, -0.1) is 0 Å². The number of hydrogen-bond acceptors (Lipinski definition) is 24. The summed E-state index contributed by atoms with van der Waals surface area (Å²) in [5, 5.41) is 103. The molecule has 20 unspecified atom stereocenters. The van der Waals surface area contributed by atoms with E-state index in [0.717, 1.165) is 141 Å². The highest BCUT2D eigenvalue weighted by atomic mass is 31.2. The summed E-state index contributed by atoms with van der Waals surface area (Å²) in [5.74, 6) is -1.64. The molecule has 712 valence electrons. The van der Waals surface area contributed by atoms with Crippen molar-refractivity contribution >= 4 is 31.7 Å². The van der Waals surface area contributed by atoms with E-state index < -0.39 is 162 Å². The molecule has 25 nitrogen and oxygen atoms in total. The second-order valence-electron chi connectivity index (χ2n) is 35.8. The van der Waals surface area contributed by atoms with Crippen LogP contribution in [0, 0.1) is 11.8 Å². The van der Waals surface area contributed by atoms with Gasteiger partial charge in [0.25, 0.3) is 0 Å². The third-order valence-corrected chi connectivity index (χ3v) is 25.5. The predicted molar refractivity (Wildman–Crippen MR) is 472 cm³/mol. The number of phosphoric acid groups is 1. The summed E-state index contributed by atoms with van der Waals surface area (Å²) in [7, 11) is -5.81. The maximum atomic E-state index is 14.9. The number of aliphatic hydroxyl groups is 9. The van der Waals surface area contributed by atoms with Crippen molar-refractivity contribution in [2.45, 2.75) is 531 Å². The molecule has 2 heterocycles. The SMILES string of the molecule is CCCCCC/C=C\CCCCCCCCCC(=O)OC(COC(=O)CCCCCCCCC(C)CCCCCCCC)COP(=O)(O)OC1C(OC2OC(CO)C(O)C(O)C2O)C(O)C(O)C(OC(=O)CCCCCCCCC(C)CCCCCCCC)C1OC1OC(COC(=O)CCCCCCCCCCCCCCCCC)C(O)C(O)C1O. The van der Waals surface area contributed by atoms with Gasteiger partial charge in [0.2, 0.25) is 0 Å². The maximum Gasteiger partial charge on any atom is 0.472 e. The van der Waals surface area contributed by atoms with Gasteiger partial charge in [-0.25, -0.2) is 4.57 Å². The Labute approximate surface area is 731 Å². The summed E-state index contributed by atoms with van der Waals surface area (Å²) in [5.41, 5.74) is 0. The van der Waals surface area contributed by atoms with Crippen LogP contribution in [0.2, 0.25) is 0 Å². The average molecular weight is 1750 g/mol. The van der Waals surface area contributed by atoms with Crippen LogP contribution in [-0.2, 0) is 70.7 Å². The Morgan fingerprint density at radius 1 is 0.347 bits per heavy atom. The summed E-state index contributed by atoms with van der Waals surface area (Å²) in [6, 6.07) is 0. The minimum atomic E-state index is -5.81. The molecule has 1 aliphatic carbocycles. The van der Waals surface area contributed by atoms with Gasteiger partial charge in [-0.1, -0.05) is 362 Å². The van der Waals surface area contributed by atoms with Crippen LogP contribution in [0.3, 0.4) is 0 Å². The summed E-state index contributed by atoms with van der Waals surface area (Å²) < 4.78 is 73.7. The van der Waals surface area contributed by atoms with Gasteiger partial charge in [0, 0.05) is 25.7 Å². The number of aliphatic hydroxyl groups excluding tert-OH is 9. The number of carbonyl (C=O) groups is 4. The van der Waals surface area contributed by atoms with E-state index in [0.29, 0.717) is 50.4 Å².